The lowest BCUT2D eigenvalue weighted by atomic mass is 9.78. The topological polar surface area (TPSA) is 65.7 Å². The van der Waals surface area contributed by atoms with Crippen LogP contribution in [0, 0.1) is 30.1 Å². The predicted octanol–water partition coefficient (Wildman–Crippen LogP) is 1.78. The Morgan fingerprint density at radius 2 is 1.96 bits per heavy atom. The van der Waals surface area contributed by atoms with Gasteiger partial charge in [0.05, 0.1) is 0 Å². The Labute approximate surface area is 161 Å². The number of carbonyl (C=O) groups excluding carboxylic acids is 1. The third kappa shape index (κ3) is 2.77. The molecule has 0 radical (unpaired) electrons. The zero-order valence-electron chi connectivity index (χ0n) is 16.7. The number of hydrogen-bond acceptors (Lipinski definition) is 6. The zero-order valence-corrected chi connectivity index (χ0v) is 16.7. The summed E-state index contributed by atoms with van der Waals surface area (Å²) < 4.78 is 5.31. The summed E-state index contributed by atoms with van der Waals surface area (Å²) in [6.07, 6.45) is 3.88. The quantitative estimate of drug-likeness (QED) is 0.784. The van der Waals surface area contributed by atoms with Gasteiger partial charge in [0.2, 0.25) is 5.91 Å². The number of amides is 1. The molecule has 5 rings (SSSR count). The molecule has 2 saturated carbocycles. The van der Waals surface area contributed by atoms with E-state index < -0.39 is 0 Å². The van der Waals surface area contributed by atoms with E-state index in [2.05, 4.69) is 33.8 Å². The Balaban J connectivity index is 1.12. The zero-order chi connectivity index (χ0) is 18.8. The number of aryl methyl sites for hydroxylation is 1. The molecule has 1 aromatic rings. The van der Waals surface area contributed by atoms with Crippen molar-refractivity contribution in [2.24, 2.45) is 23.2 Å². The van der Waals surface area contributed by atoms with Gasteiger partial charge < -0.3 is 14.3 Å². The normalized spacial score (nSPS) is 34.0. The molecule has 0 bridgehead atoms. The van der Waals surface area contributed by atoms with Crippen molar-refractivity contribution in [3.63, 3.8) is 0 Å². The highest BCUT2D eigenvalue weighted by atomic mass is 16.5. The van der Waals surface area contributed by atoms with Crippen LogP contribution in [0.1, 0.15) is 38.9 Å². The monoisotopic (exact) mass is 373 g/mol. The minimum absolute atomic E-state index is 0.316. The molecular weight excluding hydrogens is 342 g/mol. The number of nitrogens with zero attached hydrogens (tertiary/aromatic N) is 5. The van der Waals surface area contributed by atoms with Crippen LogP contribution in [-0.2, 0) is 4.79 Å². The maximum Gasteiger partial charge on any atom is 0.324 e. The van der Waals surface area contributed by atoms with Crippen LogP contribution in [0.2, 0.25) is 0 Å². The van der Waals surface area contributed by atoms with E-state index in [0.717, 1.165) is 39.3 Å². The Morgan fingerprint density at radius 3 is 2.56 bits per heavy atom. The van der Waals surface area contributed by atoms with Crippen LogP contribution in [0.3, 0.4) is 0 Å². The van der Waals surface area contributed by atoms with E-state index in [4.69, 9.17) is 4.52 Å². The molecule has 27 heavy (non-hydrogen) atoms. The summed E-state index contributed by atoms with van der Waals surface area (Å²) in [6.45, 7) is 12.1. The van der Waals surface area contributed by atoms with Gasteiger partial charge in [-0.05, 0) is 51.9 Å². The summed E-state index contributed by atoms with van der Waals surface area (Å²) in [5.74, 6) is 2.67. The number of likely N-dealkylation sites (tertiary alicyclic amines) is 1. The van der Waals surface area contributed by atoms with Gasteiger partial charge in [-0.25, -0.2) is 0 Å². The molecule has 0 aromatic carbocycles. The Hall–Kier alpha value is -1.63. The van der Waals surface area contributed by atoms with Gasteiger partial charge in [0.25, 0.3) is 0 Å². The highest BCUT2D eigenvalue weighted by Gasteiger charge is 2.62. The largest absolute Gasteiger partial charge is 0.343 e. The summed E-state index contributed by atoms with van der Waals surface area (Å²) in [4.78, 5) is 23.9. The van der Waals surface area contributed by atoms with Crippen molar-refractivity contribution in [2.45, 2.75) is 46.1 Å². The lowest BCUT2D eigenvalue weighted by Crippen LogP contribution is -2.56. The fraction of sp³-hybridized carbons (Fsp3) is 0.850. The second kappa shape index (κ2) is 6.19. The SMILES string of the molecule is CCN(CC)C(=O)[C@@H]1[C@@H]2CN(C3CCC4(C3)CN(c3nc(C)no3)C4)C[C@@H]21. The maximum atomic E-state index is 12.6. The molecule has 0 N–H and O–H groups in total. The maximum absolute atomic E-state index is 12.6. The number of rotatable bonds is 5. The lowest BCUT2D eigenvalue weighted by Gasteiger charge is -2.47. The van der Waals surface area contributed by atoms with E-state index in [0.29, 0.717) is 47.0 Å². The van der Waals surface area contributed by atoms with Gasteiger partial charge in [0, 0.05) is 56.6 Å². The highest BCUT2D eigenvalue weighted by Crippen LogP contribution is 2.55. The van der Waals surface area contributed by atoms with Gasteiger partial charge >= 0.3 is 6.01 Å². The number of piperidine rings is 1. The fourth-order valence-corrected chi connectivity index (χ4v) is 6.06. The third-order valence-electron chi connectivity index (χ3n) is 7.62. The van der Waals surface area contributed by atoms with E-state index in [-0.39, 0.29) is 0 Å². The number of anilines is 1. The van der Waals surface area contributed by atoms with Crippen LogP contribution in [0.15, 0.2) is 4.52 Å². The van der Waals surface area contributed by atoms with Crippen molar-refractivity contribution in [2.75, 3.05) is 44.2 Å². The van der Waals surface area contributed by atoms with Crippen LogP contribution in [0.5, 0.6) is 0 Å². The summed E-state index contributed by atoms with van der Waals surface area (Å²) in [5.41, 5.74) is 0.441. The number of aromatic nitrogens is 2. The molecule has 1 aromatic heterocycles. The van der Waals surface area contributed by atoms with Gasteiger partial charge in [-0.3, -0.25) is 9.69 Å². The Morgan fingerprint density at radius 1 is 1.26 bits per heavy atom. The van der Waals surface area contributed by atoms with Crippen molar-refractivity contribution in [3.8, 4) is 0 Å². The van der Waals surface area contributed by atoms with Crippen molar-refractivity contribution in [3.05, 3.63) is 5.82 Å². The second-order valence-corrected chi connectivity index (χ2v) is 9.19. The van der Waals surface area contributed by atoms with Crippen LogP contribution < -0.4 is 4.90 Å². The molecule has 1 amide bonds. The van der Waals surface area contributed by atoms with Crippen LogP contribution in [-0.4, -0.2) is 71.2 Å². The summed E-state index contributed by atoms with van der Waals surface area (Å²) in [7, 11) is 0. The molecule has 3 heterocycles. The lowest BCUT2D eigenvalue weighted by molar-refractivity contribution is -0.133. The van der Waals surface area contributed by atoms with Crippen molar-refractivity contribution in [1.82, 2.24) is 19.9 Å². The minimum atomic E-state index is 0.316. The molecule has 2 saturated heterocycles. The summed E-state index contributed by atoms with van der Waals surface area (Å²) >= 11 is 0. The molecule has 4 atom stereocenters. The van der Waals surface area contributed by atoms with E-state index in [9.17, 15) is 4.79 Å². The third-order valence-corrected chi connectivity index (χ3v) is 7.62. The smallest absolute Gasteiger partial charge is 0.324 e. The van der Waals surface area contributed by atoms with Gasteiger partial charge in [0.15, 0.2) is 5.82 Å². The average Bonchev–Trinajstić information content (AvgIpc) is 3.08. The second-order valence-electron chi connectivity index (χ2n) is 9.19. The fourth-order valence-electron chi connectivity index (χ4n) is 6.06. The molecule has 7 heteroatoms. The van der Waals surface area contributed by atoms with E-state index >= 15 is 0 Å². The van der Waals surface area contributed by atoms with Crippen molar-refractivity contribution >= 4 is 11.9 Å². The Bertz CT molecular complexity index is 712. The molecular formula is C20H31N5O2. The van der Waals surface area contributed by atoms with E-state index in [1.807, 2.05) is 11.8 Å². The van der Waals surface area contributed by atoms with Crippen LogP contribution >= 0.6 is 0 Å². The molecule has 4 fully saturated rings. The molecule has 148 valence electrons. The molecule has 2 aliphatic carbocycles. The van der Waals surface area contributed by atoms with E-state index in [1.54, 1.807) is 0 Å². The molecule has 1 unspecified atom stereocenters. The molecule has 1 spiro atoms. The van der Waals surface area contributed by atoms with E-state index in [1.165, 1.54) is 19.3 Å². The molecule has 4 aliphatic rings. The van der Waals surface area contributed by atoms with Gasteiger partial charge in [-0.2, -0.15) is 4.98 Å². The first-order chi connectivity index (χ1) is 13.0. The number of fused-ring (bicyclic) bond motifs is 1. The summed E-state index contributed by atoms with van der Waals surface area (Å²) in [6, 6.07) is 1.38. The van der Waals surface area contributed by atoms with Crippen molar-refractivity contribution < 1.29 is 9.32 Å². The number of hydrogen-bond donors (Lipinski definition) is 0. The van der Waals surface area contributed by atoms with Crippen molar-refractivity contribution in [1.29, 1.82) is 0 Å². The first-order valence-corrected chi connectivity index (χ1v) is 10.6. The van der Waals surface area contributed by atoms with Crippen LogP contribution in [0.4, 0.5) is 6.01 Å². The van der Waals surface area contributed by atoms with Gasteiger partial charge in [0.1, 0.15) is 0 Å². The predicted molar refractivity (Wildman–Crippen MR) is 101 cm³/mol. The Kier molecular flexibility index (Phi) is 4.00. The molecule has 2 aliphatic heterocycles. The minimum Gasteiger partial charge on any atom is -0.343 e. The first kappa shape index (κ1) is 17.5. The number of carbonyl (C=O) groups is 1. The van der Waals surface area contributed by atoms with Gasteiger partial charge in [-0.1, -0.05) is 5.16 Å². The first-order valence-electron chi connectivity index (χ1n) is 10.6. The summed E-state index contributed by atoms with van der Waals surface area (Å²) in [5, 5.41) is 3.90. The standard InChI is InChI=1S/C20H31N5O2/c1-4-23(5-2)18(26)17-15-9-24(10-16(15)17)14-6-7-20(8-14)11-25(12-20)19-21-13(3)22-27-19/h14-17H,4-12H2,1-3H3/t14?,15-,16+,17-. The van der Waals surface area contributed by atoms with Gasteiger partial charge in [-0.15, -0.1) is 0 Å². The van der Waals surface area contributed by atoms with Crippen LogP contribution in [0.25, 0.3) is 0 Å². The average molecular weight is 374 g/mol. The molecule has 7 nitrogen and oxygen atoms in total. The highest BCUT2D eigenvalue weighted by molar-refractivity contribution is 5.82.